The van der Waals surface area contributed by atoms with E-state index >= 15 is 0 Å². The molecule has 0 aliphatic heterocycles. The number of aryl methyl sites for hydroxylation is 1. The van der Waals surface area contributed by atoms with Gasteiger partial charge in [-0.1, -0.05) is 6.92 Å². The molecule has 15 heavy (non-hydrogen) atoms. The van der Waals surface area contributed by atoms with Crippen LogP contribution in [0.3, 0.4) is 0 Å². The van der Waals surface area contributed by atoms with Gasteiger partial charge in [-0.2, -0.15) is 0 Å². The molecule has 1 aromatic rings. The first-order valence-corrected chi connectivity index (χ1v) is 7.36. The van der Waals surface area contributed by atoms with Crippen molar-refractivity contribution in [2.45, 2.75) is 45.6 Å². The maximum atomic E-state index is 3.52. The molecule has 1 unspecified atom stereocenters. The average molecular weight is 290 g/mol. The van der Waals surface area contributed by atoms with Gasteiger partial charge in [-0.25, -0.2) is 0 Å². The smallest absolute Gasteiger partial charge is 0.0285 e. The molecule has 0 bridgehead atoms. The Hall–Kier alpha value is 0.140. The second kappa shape index (κ2) is 7.42. The summed E-state index contributed by atoms with van der Waals surface area (Å²) in [6, 6.07) is 2.89. The molecule has 1 nitrogen and oxygen atoms in total. The lowest BCUT2D eigenvalue weighted by Gasteiger charge is -2.12. The van der Waals surface area contributed by atoms with Gasteiger partial charge in [0.2, 0.25) is 0 Å². The van der Waals surface area contributed by atoms with Crippen LogP contribution in [-0.4, -0.2) is 12.6 Å². The zero-order chi connectivity index (χ0) is 11.1. The molecule has 1 rings (SSSR count). The van der Waals surface area contributed by atoms with Crippen LogP contribution in [0.25, 0.3) is 0 Å². The molecule has 0 aliphatic carbocycles. The van der Waals surface area contributed by atoms with Crippen molar-refractivity contribution in [3.05, 3.63) is 20.8 Å². The summed E-state index contributed by atoms with van der Waals surface area (Å²) in [5, 5.41) is 5.68. The second-order valence-corrected chi connectivity index (χ2v) is 5.89. The first kappa shape index (κ1) is 13.2. The van der Waals surface area contributed by atoms with E-state index in [0.29, 0.717) is 6.04 Å². The summed E-state index contributed by atoms with van der Waals surface area (Å²) in [5.41, 5.74) is 0. The van der Waals surface area contributed by atoms with Gasteiger partial charge < -0.3 is 5.32 Å². The van der Waals surface area contributed by atoms with Crippen LogP contribution in [-0.2, 0) is 6.42 Å². The van der Waals surface area contributed by atoms with Crippen molar-refractivity contribution in [1.82, 2.24) is 5.32 Å². The second-order valence-electron chi connectivity index (χ2n) is 3.98. The molecule has 0 radical (unpaired) electrons. The van der Waals surface area contributed by atoms with Crippen molar-refractivity contribution in [2.24, 2.45) is 0 Å². The van der Waals surface area contributed by atoms with Crippen LogP contribution in [0.2, 0.25) is 0 Å². The molecule has 1 heterocycles. The van der Waals surface area contributed by atoms with Gasteiger partial charge in [0.05, 0.1) is 0 Å². The van der Waals surface area contributed by atoms with E-state index in [9.17, 15) is 0 Å². The molecule has 1 aromatic heterocycles. The lowest BCUT2D eigenvalue weighted by Crippen LogP contribution is -2.26. The Kier molecular flexibility index (Phi) is 6.53. The van der Waals surface area contributed by atoms with E-state index in [4.69, 9.17) is 0 Å². The minimum absolute atomic E-state index is 0.661. The van der Waals surface area contributed by atoms with Crippen molar-refractivity contribution in [1.29, 1.82) is 0 Å². The highest BCUT2D eigenvalue weighted by Gasteiger charge is 2.02. The highest BCUT2D eigenvalue weighted by Crippen LogP contribution is 2.21. The fourth-order valence-electron chi connectivity index (χ4n) is 1.56. The summed E-state index contributed by atoms with van der Waals surface area (Å²) in [5.74, 6) is 0. The molecule has 1 N–H and O–H groups in total. The summed E-state index contributed by atoms with van der Waals surface area (Å²) in [6.45, 7) is 5.63. The molecule has 1 atom stereocenters. The molecule has 0 saturated carbocycles. The maximum absolute atomic E-state index is 3.52. The third-order valence-corrected chi connectivity index (χ3v) is 4.18. The Morgan fingerprint density at radius 2 is 2.33 bits per heavy atom. The Bertz CT molecular complexity index is 272. The van der Waals surface area contributed by atoms with Crippen LogP contribution in [0.5, 0.6) is 0 Å². The third kappa shape index (κ3) is 5.69. The summed E-state index contributed by atoms with van der Waals surface area (Å²) < 4.78 is 1.22. The maximum Gasteiger partial charge on any atom is 0.0285 e. The third-order valence-electron chi connectivity index (χ3n) is 2.42. The van der Waals surface area contributed by atoms with E-state index in [-0.39, 0.29) is 0 Å². The van der Waals surface area contributed by atoms with Crippen molar-refractivity contribution >= 4 is 27.3 Å². The summed E-state index contributed by atoms with van der Waals surface area (Å²) in [6.07, 6.45) is 5.00. The van der Waals surface area contributed by atoms with Crippen LogP contribution in [0.4, 0.5) is 0 Å². The van der Waals surface area contributed by atoms with Gasteiger partial charge >= 0.3 is 0 Å². The number of halogens is 1. The predicted octanol–water partition coefficient (Wildman–Crippen LogP) is 4.22. The molecule has 0 spiro atoms. The van der Waals surface area contributed by atoms with Crippen molar-refractivity contribution in [3.8, 4) is 0 Å². The molecule has 0 aromatic carbocycles. The van der Waals surface area contributed by atoms with Crippen LogP contribution < -0.4 is 5.32 Å². The SMILES string of the molecule is CCCNC(C)CCCc1cc(Br)cs1. The average Bonchev–Trinajstić information content (AvgIpc) is 2.61. The molecule has 0 fully saturated rings. The normalized spacial score (nSPS) is 13.0. The predicted molar refractivity (Wildman–Crippen MR) is 72.7 cm³/mol. The van der Waals surface area contributed by atoms with Gasteiger partial charge in [-0.3, -0.25) is 0 Å². The van der Waals surface area contributed by atoms with Crippen LogP contribution in [0.15, 0.2) is 15.9 Å². The van der Waals surface area contributed by atoms with Gasteiger partial charge in [0.1, 0.15) is 0 Å². The highest BCUT2D eigenvalue weighted by atomic mass is 79.9. The Morgan fingerprint density at radius 1 is 1.53 bits per heavy atom. The summed E-state index contributed by atoms with van der Waals surface area (Å²) >= 11 is 5.34. The molecule has 86 valence electrons. The Morgan fingerprint density at radius 3 is 2.93 bits per heavy atom. The van der Waals surface area contributed by atoms with E-state index in [1.807, 2.05) is 11.3 Å². The first-order valence-electron chi connectivity index (χ1n) is 5.68. The van der Waals surface area contributed by atoms with Gasteiger partial charge in [-0.05, 0) is 61.1 Å². The minimum Gasteiger partial charge on any atom is -0.314 e. The molecular weight excluding hydrogens is 270 g/mol. The first-order chi connectivity index (χ1) is 7.22. The molecule has 0 aliphatic rings. The van der Waals surface area contributed by atoms with E-state index in [2.05, 4.69) is 46.5 Å². The largest absolute Gasteiger partial charge is 0.314 e. The molecule has 3 heteroatoms. The van der Waals surface area contributed by atoms with Gasteiger partial charge in [0, 0.05) is 20.8 Å². The standard InChI is InChI=1S/C12H20BrNS/c1-3-7-14-10(2)5-4-6-12-8-11(13)9-15-12/h8-10,14H,3-7H2,1-2H3. The van der Waals surface area contributed by atoms with Crippen LogP contribution in [0, 0.1) is 0 Å². The number of hydrogen-bond donors (Lipinski definition) is 1. The van der Waals surface area contributed by atoms with Crippen LogP contribution in [0.1, 0.15) is 38.0 Å². The molecule has 0 saturated heterocycles. The van der Waals surface area contributed by atoms with E-state index in [1.165, 1.54) is 35.0 Å². The number of rotatable bonds is 7. The lowest BCUT2D eigenvalue weighted by molar-refractivity contribution is 0.499. The summed E-state index contributed by atoms with van der Waals surface area (Å²) in [7, 11) is 0. The van der Waals surface area contributed by atoms with E-state index < -0.39 is 0 Å². The Balaban J connectivity index is 2.10. The lowest BCUT2D eigenvalue weighted by atomic mass is 10.1. The fourth-order valence-corrected chi connectivity index (χ4v) is 3.06. The van der Waals surface area contributed by atoms with Crippen molar-refractivity contribution in [3.63, 3.8) is 0 Å². The van der Waals surface area contributed by atoms with Crippen molar-refractivity contribution < 1.29 is 0 Å². The fraction of sp³-hybridized carbons (Fsp3) is 0.667. The number of nitrogens with one attached hydrogen (secondary N) is 1. The molecular formula is C12H20BrNS. The van der Waals surface area contributed by atoms with Crippen LogP contribution >= 0.6 is 27.3 Å². The zero-order valence-corrected chi connectivity index (χ0v) is 12.0. The van der Waals surface area contributed by atoms with Gasteiger partial charge in [0.15, 0.2) is 0 Å². The minimum atomic E-state index is 0.661. The van der Waals surface area contributed by atoms with Gasteiger partial charge in [-0.15, -0.1) is 11.3 Å². The number of hydrogen-bond acceptors (Lipinski definition) is 2. The Labute approximate surface area is 105 Å². The number of thiophene rings is 1. The molecule has 0 amide bonds. The zero-order valence-electron chi connectivity index (χ0n) is 9.55. The summed E-state index contributed by atoms with van der Waals surface area (Å²) in [4.78, 5) is 1.49. The monoisotopic (exact) mass is 289 g/mol. The quantitative estimate of drug-likeness (QED) is 0.792. The topological polar surface area (TPSA) is 12.0 Å². The van der Waals surface area contributed by atoms with Gasteiger partial charge in [0.25, 0.3) is 0 Å². The van der Waals surface area contributed by atoms with E-state index in [0.717, 1.165) is 6.54 Å². The van der Waals surface area contributed by atoms with Crippen molar-refractivity contribution in [2.75, 3.05) is 6.54 Å². The highest BCUT2D eigenvalue weighted by molar-refractivity contribution is 9.10. The van der Waals surface area contributed by atoms with E-state index in [1.54, 1.807) is 0 Å².